The van der Waals surface area contributed by atoms with Crippen LogP contribution in [0.4, 0.5) is 0 Å². The summed E-state index contributed by atoms with van der Waals surface area (Å²) in [5, 5.41) is 9.38. The standard InChI is InChI=1S/C13H28O2S/c1-11(10-14)7-9-15-13(3,4)8-5-6-12(2)16/h11-12,14,16H,5-10H2,1-4H3. The van der Waals surface area contributed by atoms with E-state index in [4.69, 9.17) is 9.84 Å². The maximum Gasteiger partial charge on any atom is 0.0626 e. The van der Waals surface area contributed by atoms with Crippen LogP contribution in [0.15, 0.2) is 0 Å². The largest absolute Gasteiger partial charge is 0.396 e. The average Bonchev–Trinajstić information content (AvgIpc) is 2.16. The highest BCUT2D eigenvalue weighted by Gasteiger charge is 2.18. The lowest BCUT2D eigenvalue weighted by molar-refractivity contribution is -0.0317. The lowest BCUT2D eigenvalue weighted by atomic mass is 10.00. The van der Waals surface area contributed by atoms with Crippen molar-refractivity contribution in [3.05, 3.63) is 0 Å². The van der Waals surface area contributed by atoms with Crippen LogP contribution in [0.1, 0.15) is 53.4 Å². The van der Waals surface area contributed by atoms with E-state index in [-0.39, 0.29) is 12.2 Å². The van der Waals surface area contributed by atoms with Gasteiger partial charge in [-0.15, -0.1) is 0 Å². The third kappa shape index (κ3) is 9.49. The highest BCUT2D eigenvalue weighted by atomic mass is 32.1. The highest BCUT2D eigenvalue weighted by molar-refractivity contribution is 7.80. The Balaban J connectivity index is 3.61. The van der Waals surface area contributed by atoms with Crippen LogP contribution >= 0.6 is 12.6 Å². The number of thiol groups is 1. The van der Waals surface area contributed by atoms with Crippen molar-refractivity contribution in [3.8, 4) is 0 Å². The van der Waals surface area contributed by atoms with Gasteiger partial charge in [0.15, 0.2) is 0 Å². The molecule has 2 atom stereocenters. The first-order chi connectivity index (χ1) is 7.37. The maximum atomic E-state index is 8.90. The summed E-state index contributed by atoms with van der Waals surface area (Å²) in [6, 6.07) is 0. The van der Waals surface area contributed by atoms with Crippen LogP contribution < -0.4 is 0 Å². The molecule has 0 rings (SSSR count). The zero-order chi connectivity index (χ0) is 12.6. The molecule has 1 N–H and O–H groups in total. The number of ether oxygens (including phenoxy) is 1. The van der Waals surface area contributed by atoms with Crippen molar-refractivity contribution >= 4 is 12.6 Å². The van der Waals surface area contributed by atoms with E-state index in [1.807, 2.05) is 6.92 Å². The predicted molar refractivity (Wildman–Crippen MR) is 73.2 cm³/mol. The zero-order valence-electron chi connectivity index (χ0n) is 11.2. The molecule has 0 bridgehead atoms. The second kappa shape index (κ2) is 8.37. The number of hydrogen-bond acceptors (Lipinski definition) is 3. The third-order valence-corrected chi connectivity index (χ3v) is 3.07. The molecule has 0 aliphatic rings. The molecule has 2 nitrogen and oxygen atoms in total. The Kier molecular flexibility index (Phi) is 8.52. The van der Waals surface area contributed by atoms with Gasteiger partial charge < -0.3 is 9.84 Å². The molecule has 0 radical (unpaired) electrons. The van der Waals surface area contributed by atoms with E-state index in [2.05, 4.69) is 33.4 Å². The van der Waals surface area contributed by atoms with Crippen LogP contribution in [0.25, 0.3) is 0 Å². The predicted octanol–water partition coefficient (Wildman–Crippen LogP) is 3.29. The Labute approximate surface area is 106 Å². The normalized spacial score (nSPS) is 16.1. The van der Waals surface area contributed by atoms with Crippen LogP contribution in [-0.2, 0) is 4.74 Å². The van der Waals surface area contributed by atoms with Gasteiger partial charge in [0.05, 0.1) is 5.60 Å². The Morgan fingerprint density at radius 1 is 1.25 bits per heavy atom. The van der Waals surface area contributed by atoms with Gasteiger partial charge in [-0.3, -0.25) is 0 Å². The van der Waals surface area contributed by atoms with Gasteiger partial charge in [-0.2, -0.15) is 12.6 Å². The first kappa shape index (κ1) is 16.3. The Bertz CT molecular complexity index is 169. The fraction of sp³-hybridized carbons (Fsp3) is 1.00. The van der Waals surface area contributed by atoms with Crippen molar-refractivity contribution in [2.75, 3.05) is 13.2 Å². The van der Waals surface area contributed by atoms with E-state index in [1.165, 1.54) is 0 Å². The first-order valence-corrected chi connectivity index (χ1v) is 6.82. The second-order valence-electron chi connectivity index (χ2n) is 5.43. The molecular weight excluding hydrogens is 220 g/mol. The van der Waals surface area contributed by atoms with E-state index in [1.54, 1.807) is 0 Å². The summed E-state index contributed by atoms with van der Waals surface area (Å²) in [5.74, 6) is 0.341. The van der Waals surface area contributed by atoms with Crippen LogP contribution in [0.3, 0.4) is 0 Å². The van der Waals surface area contributed by atoms with Gasteiger partial charge >= 0.3 is 0 Å². The maximum absolute atomic E-state index is 8.90. The number of rotatable bonds is 9. The summed E-state index contributed by atoms with van der Waals surface area (Å²) in [6.07, 6.45) is 4.31. The number of aliphatic hydroxyl groups is 1. The van der Waals surface area contributed by atoms with Crippen molar-refractivity contribution in [2.24, 2.45) is 5.92 Å². The average molecular weight is 248 g/mol. The second-order valence-corrected chi connectivity index (χ2v) is 6.31. The zero-order valence-corrected chi connectivity index (χ0v) is 12.1. The van der Waals surface area contributed by atoms with Crippen LogP contribution in [0.5, 0.6) is 0 Å². The van der Waals surface area contributed by atoms with Crippen LogP contribution in [0, 0.1) is 5.92 Å². The van der Waals surface area contributed by atoms with Crippen LogP contribution in [0.2, 0.25) is 0 Å². The SMILES string of the molecule is CC(S)CCCC(C)(C)OCCC(C)CO. The third-order valence-electron chi connectivity index (χ3n) is 2.82. The van der Waals surface area contributed by atoms with Gasteiger partial charge in [0.25, 0.3) is 0 Å². The molecule has 0 aromatic heterocycles. The van der Waals surface area contributed by atoms with Gasteiger partial charge in [0.1, 0.15) is 0 Å². The minimum atomic E-state index is -0.0438. The van der Waals surface area contributed by atoms with Crippen molar-refractivity contribution < 1.29 is 9.84 Å². The van der Waals surface area contributed by atoms with E-state index >= 15 is 0 Å². The monoisotopic (exact) mass is 248 g/mol. The molecule has 0 fully saturated rings. The molecule has 0 spiro atoms. The molecule has 98 valence electrons. The lowest BCUT2D eigenvalue weighted by Gasteiger charge is -2.26. The van der Waals surface area contributed by atoms with Gasteiger partial charge in [-0.25, -0.2) is 0 Å². The first-order valence-electron chi connectivity index (χ1n) is 6.30. The minimum Gasteiger partial charge on any atom is -0.396 e. The Hall–Kier alpha value is 0.270. The molecule has 0 aromatic carbocycles. The molecule has 16 heavy (non-hydrogen) atoms. The molecule has 0 saturated carbocycles. The lowest BCUT2D eigenvalue weighted by Crippen LogP contribution is -2.26. The molecule has 0 aliphatic carbocycles. The molecule has 2 unspecified atom stereocenters. The Morgan fingerprint density at radius 3 is 2.38 bits per heavy atom. The molecule has 0 aliphatic heterocycles. The summed E-state index contributed by atoms with van der Waals surface area (Å²) in [4.78, 5) is 0. The summed E-state index contributed by atoms with van der Waals surface area (Å²) in [7, 11) is 0. The Morgan fingerprint density at radius 2 is 1.88 bits per heavy atom. The van der Waals surface area contributed by atoms with Gasteiger partial charge in [-0.05, 0) is 50.7 Å². The van der Waals surface area contributed by atoms with Crippen molar-refractivity contribution in [1.29, 1.82) is 0 Å². The molecule has 0 amide bonds. The molecular formula is C13H28O2S. The van der Waals surface area contributed by atoms with Crippen molar-refractivity contribution in [2.45, 2.75) is 64.2 Å². The van der Waals surface area contributed by atoms with Crippen molar-refractivity contribution in [1.82, 2.24) is 0 Å². The molecule has 3 heteroatoms. The fourth-order valence-electron chi connectivity index (χ4n) is 1.52. The summed E-state index contributed by atoms with van der Waals surface area (Å²) in [6.45, 7) is 9.44. The molecule has 0 aromatic rings. The topological polar surface area (TPSA) is 29.5 Å². The van der Waals surface area contributed by atoms with E-state index in [9.17, 15) is 0 Å². The number of hydrogen-bond donors (Lipinski definition) is 2. The van der Waals surface area contributed by atoms with Gasteiger partial charge in [0, 0.05) is 13.2 Å². The van der Waals surface area contributed by atoms with Crippen molar-refractivity contribution in [3.63, 3.8) is 0 Å². The van der Waals surface area contributed by atoms with E-state index in [0.717, 1.165) is 32.3 Å². The minimum absolute atomic E-state index is 0.0438. The smallest absolute Gasteiger partial charge is 0.0626 e. The molecule has 0 saturated heterocycles. The summed E-state index contributed by atoms with van der Waals surface area (Å²) in [5.41, 5.74) is -0.0438. The number of aliphatic hydroxyl groups excluding tert-OH is 1. The van der Waals surface area contributed by atoms with Gasteiger partial charge in [0.2, 0.25) is 0 Å². The summed E-state index contributed by atoms with van der Waals surface area (Å²) >= 11 is 4.37. The summed E-state index contributed by atoms with van der Waals surface area (Å²) < 4.78 is 5.85. The fourth-order valence-corrected chi connectivity index (χ4v) is 1.71. The van der Waals surface area contributed by atoms with E-state index < -0.39 is 0 Å². The molecule has 0 heterocycles. The quantitative estimate of drug-likeness (QED) is 0.613. The van der Waals surface area contributed by atoms with Gasteiger partial charge in [-0.1, -0.05) is 13.8 Å². The van der Waals surface area contributed by atoms with E-state index in [0.29, 0.717) is 11.2 Å². The van der Waals surface area contributed by atoms with Crippen LogP contribution in [-0.4, -0.2) is 29.2 Å². The highest BCUT2D eigenvalue weighted by Crippen LogP contribution is 2.20.